The minimum absolute atomic E-state index is 0.0454. The van der Waals surface area contributed by atoms with Gasteiger partial charge in [-0.3, -0.25) is 9.59 Å². The van der Waals surface area contributed by atoms with Crippen LogP contribution in [0.4, 0.5) is 4.39 Å². The highest BCUT2D eigenvalue weighted by Gasteiger charge is 2.49. The van der Waals surface area contributed by atoms with E-state index in [1.807, 2.05) is 0 Å². The Labute approximate surface area is 181 Å². The van der Waals surface area contributed by atoms with Crippen LogP contribution in [-0.2, 0) is 19.1 Å². The number of halogens is 1. The van der Waals surface area contributed by atoms with Crippen molar-refractivity contribution < 1.29 is 28.2 Å². The fourth-order valence-electron chi connectivity index (χ4n) is 5.68. The van der Waals surface area contributed by atoms with Crippen molar-refractivity contribution in [2.75, 3.05) is 33.0 Å². The highest BCUT2D eigenvalue weighted by atomic mass is 19.1. The maximum absolute atomic E-state index is 14.0. The van der Waals surface area contributed by atoms with Gasteiger partial charge in [-0.15, -0.1) is 0 Å². The van der Waals surface area contributed by atoms with Crippen LogP contribution in [0.2, 0.25) is 0 Å². The van der Waals surface area contributed by atoms with Gasteiger partial charge < -0.3 is 24.4 Å². The van der Waals surface area contributed by atoms with E-state index >= 15 is 0 Å². The average Bonchev–Trinajstić information content (AvgIpc) is 2.78. The quantitative estimate of drug-likeness (QED) is 0.680. The summed E-state index contributed by atoms with van der Waals surface area (Å²) in [6, 6.07) is 4.24. The summed E-state index contributed by atoms with van der Waals surface area (Å²) < 4.78 is 31.8. The monoisotopic (exact) mass is 432 g/mol. The van der Waals surface area contributed by atoms with Gasteiger partial charge in [-0.25, -0.2) is 4.39 Å². The lowest BCUT2D eigenvalue weighted by Gasteiger charge is -2.51. The second kappa shape index (κ2) is 8.39. The molecule has 1 spiro atoms. The molecule has 4 heterocycles. The Morgan fingerprint density at radius 2 is 1.97 bits per heavy atom. The number of benzene rings is 1. The Balaban J connectivity index is 1.46. The first-order valence-electron chi connectivity index (χ1n) is 11.3. The van der Waals surface area contributed by atoms with Crippen molar-refractivity contribution in [3.8, 4) is 5.75 Å². The molecular weight excluding hydrogens is 403 g/mol. The minimum atomic E-state index is -0.637. The van der Waals surface area contributed by atoms with Gasteiger partial charge >= 0.3 is 0 Å². The van der Waals surface area contributed by atoms with Gasteiger partial charge in [-0.05, 0) is 62.6 Å². The van der Waals surface area contributed by atoms with E-state index in [0.717, 1.165) is 44.1 Å². The predicted molar refractivity (Wildman–Crippen MR) is 109 cm³/mol. The number of ether oxygens (including phenoxy) is 3. The SMILES string of the molecule is O=C1COC[C@]2(CCCN3C(=O)COc4ccc(F)cc4C4CCC(CC4)OC[C@@H]32)N1. The summed E-state index contributed by atoms with van der Waals surface area (Å²) in [5.74, 6) is 0.172. The zero-order valence-electron chi connectivity index (χ0n) is 17.6. The molecular formula is C23H29FN2O5. The first kappa shape index (κ1) is 20.7. The van der Waals surface area contributed by atoms with Crippen LogP contribution in [0.25, 0.3) is 0 Å². The van der Waals surface area contributed by atoms with E-state index < -0.39 is 5.54 Å². The van der Waals surface area contributed by atoms with Gasteiger partial charge in [0.05, 0.1) is 30.9 Å². The summed E-state index contributed by atoms with van der Waals surface area (Å²) in [6.45, 7) is 1.22. The van der Waals surface area contributed by atoms with Crippen molar-refractivity contribution in [1.29, 1.82) is 0 Å². The molecule has 1 aromatic carbocycles. The molecule has 7 nitrogen and oxygen atoms in total. The van der Waals surface area contributed by atoms with Gasteiger partial charge in [0.2, 0.25) is 5.91 Å². The molecule has 8 heteroatoms. The number of carbonyl (C=O) groups is 2. The fourth-order valence-corrected chi connectivity index (χ4v) is 5.68. The molecule has 0 radical (unpaired) electrons. The average molecular weight is 432 g/mol. The van der Waals surface area contributed by atoms with E-state index in [4.69, 9.17) is 14.2 Å². The molecule has 168 valence electrons. The van der Waals surface area contributed by atoms with Crippen LogP contribution in [0, 0.1) is 5.82 Å². The van der Waals surface area contributed by atoms with E-state index in [1.54, 1.807) is 17.0 Å². The lowest BCUT2D eigenvalue weighted by atomic mass is 9.80. The largest absolute Gasteiger partial charge is 0.483 e. The topological polar surface area (TPSA) is 77.1 Å². The highest BCUT2D eigenvalue weighted by molar-refractivity contribution is 5.81. The highest BCUT2D eigenvalue weighted by Crippen LogP contribution is 2.40. The predicted octanol–water partition coefficient (Wildman–Crippen LogP) is 2.14. The third-order valence-electron chi connectivity index (χ3n) is 7.26. The smallest absolute Gasteiger partial charge is 0.260 e. The van der Waals surface area contributed by atoms with Crippen LogP contribution < -0.4 is 10.1 Å². The van der Waals surface area contributed by atoms with E-state index in [0.29, 0.717) is 25.5 Å². The van der Waals surface area contributed by atoms with Gasteiger partial charge in [0.25, 0.3) is 5.91 Å². The zero-order valence-corrected chi connectivity index (χ0v) is 17.6. The van der Waals surface area contributed by atoms with E-state index in [-0.39, 0.29) is 48.9 Å². The number of rotatable bonds is 0. The number of nitrogens with zero attached hydrogens (tertiary/aromatic N) is 1. The molecule has 3 fully saturated rings. The number of piperidine rings is 1. The van der Waals surface area contributed by atoms with Gasteiger partial charge in [0.15, 0.2) is 6.61 Å². The number of hydrogen-bond acceptors (Lipinski definition) is 5. The molecule has 2 bridgehead atoms. The van der Waals surface area contributed by atoms with Crippen molar-refractivity contribution in [3.05, 3.63) is 29.6 Å². The minimum Gasteiger partial charge on any atom is -0.483 e. The third kappa shape index (κ3) is 4.03. The summed E-state index contributed by atoms with van der Waals surface area (Å²) in [6.07, 6.45) is 5.11. The fraction of sp³-hybridized carbons (Fsp3) is 0.652. The van der Waals surface area contributed by atoms with Crippen LogP contribution in [0.5, 0.6) is 5.75 Å². The Kier molecular flexibility index (Phi) is 5.60. The van der Waals surface area contributed by atoms with Crippen molar-refractivity contribution >= 4 is 11.8 Å². The van der Waals surface area contributed by atoms with Crippen LogP contribution in [0.1, 0.15) is 50.0 Å². The Morgan fingerprint density at radius 1 is 1.13 bits per heavy atom. The van der Waals surface area contributed by atoms with Crippen molar-refractivity contribution in [1.82, 2.24) is 10.2 Å². The van der Waals surface area contributed by atoms with Crippen molar-refractivity contribution in [3.63, 3.8) is 0 Å². The van der Waals surface area contributed by atoms with E-state index in [2.05, 4.69) is 5.32 Å². The van der Waals surface area contributed by atoms with Gasteiger partial charge in [-0.2, -0.15) is 0 Å². The summed E-state index contributed by atoms with van der Waals surface area (Å²) in [7, 11) is 0. The Hall–Kier alpha value is -2.19. The number of amides is 2. The molecule has 2 saturated heterocycles. The zero-order chi connectivity index (χ0) is 21.4. The summed E-state index contributed by atoms with van der Waals surface area (Å²) in [4.78, 5) is 27.2. The molecule has 0 aromatic heterocycles. The first-order valence-corrected chi connectivity index (χ1v) is 11.3. The molecule has 1 saturated carbocycles. The Morgan fingerprint density at radius 3 is 2.77 bits per heavy atom. The van der Waals surface area contributed by atoms with Crippen LogP contribution in [0.15, 0.2) is 18.2 Å². The lowest BCUT2D eigenvalue weighted by Crippen LogP contribution is -2.72. The standard InChI is InChI=1S/C23H29FN2O5/c24-16-4-7-19-18(10-16)15-2-5-17(6-3-15)30-11-20-23(14-29-12-21(27)25-23)8-1-9-26(20)22(28)13-31-19/h4,7,10,15,17,20H,1-3,5-6,8-9,11-14H2,(H,25,27)/t15?,17?,20-,23+/m1/s1. The van der Waals surface area contributed by atoms with E-state index in [9.17, 15) is 14.0 Å². The first-order chi connectivity index (χ1) is 15.0. The van der Waals surface area contributed by atoms with Crippen molar-refractivity contribution in [2.24, 2.45) is 0 Å². The second-order valence-corrected chi connectivity index (χ2v) is 9.18. The molecule has 1 N–H and O–H groups in total. The normalized spacial score (nSPS) is 34.0. The van der Waals surface area contributed by atoms with Crippen LogP contribution in [0.3, 0.4) is 0 Å². The number of nitrogens with one attached hydrogen (secondary N) is 1. The molecule has 5 aliphatic rings. The molecule has 31 heavy (non-hydrogen) atoms. The number of morpholine rings is 1. The summed E-state index contributed by atoms with van der Waals surface area (Å²) >= 11 is 0. The number of hydrogen-bond donors (Lipinski definition) is 1. The molecule has 2 atom stereocenters. The number of fused-ring (bicyclic) bond motifs is 5. The van der Waals surface area contributed by atoms with E-state index in [1.165, 1.54) is 6.07 Å². The summed E-state index contributed by atoms with van der Waals surface area (Å²) in [5, 5.41) is 3.12. The van der Waals surface area contributed by atoms with Gasteiger partial charge in [0.1, 0.15) is 18.2 Å². The summed E-state index contributed by atoms with van der Waals surface area (Å²) in [5.41, 5.74) is 0.201. The number of carbonyl (C=O) groups excluding carboxylic acids is 2. The lowest BCUT2D eigenvalue weighted by molar-refractivity contribution is -0.156. The second-order valence-electron chi connectivity index (χ2n) is 9.18. The van der Waals surface area contributed by atoms with Crippen LogP contribution in [-0.4, -0.2) is 67.4 Å². The third-order valence-corrected chi connectivity index (χ3v) is 7.26. The molecule has 1 aromatic rings. The maximum atomic E-state index is 14.0. The van der Waals surface area contributed by atoms with Gasteiger partial charge in [0, 0.05) is 12.1 Å². The molecule has 6 rings (SSSR count). The molecule has 4 aliphatic heterocycles. The van der Waals surface area contributed by atoms with Crippen LogP contribution >= 0.6 is 0 Å². The Bertz CT molecular complexity index is 852. The molecule has 1 aliphatic carbocycles. The molecule has 0 unspecified atom stereocenters. The molecule has 2 amide bonds. The van der Waals surface area contributed by atoms with Gasteiger partial charge in [-0.1, -0.05) is 0 Å². The van der Waals surface area contributed by atoms with Crippen molar-refractivity contribution in [2.45, 2.75) is 62.1 Å². The maximum Gasteiger partial charge on any atom is 0.260 e.